The topological polar surface area (TPSA) is 93.7 Å². The van der Waals surface area contributed by atoms with Gasteiger partial charge in [0, 0.05) is 5.70 Å². The third kappa shape index (κ3) is 4.35. The number of carbonyl (C=O) groups excluding carboxylic acids is 3. The van der Waals surface area contributed by atoms with Crippen LogP contribution in [-0.2, 0) is 14.3 Å². The molecule has 1 aliphatic rings. The Hall–Kier alpha value is -2.54. The minimum atomic E-state index is -0.727. The van der Waals surface area contributed by atoms with Gasteiger partial charge < -0.3 is 20.1 Å². The molecule has 140 valence electrons. The number of esters is 2. The molecule has 2 rings (SSSR count). The lowest BCUT2D eigenvalue weighted by atomic mass is 9.95. The normalized spacial score (nSPS) is 16.8. The van der Waals surface area contributed by atoms with Gasteiger partial charge in [0.2, 0.25) is 0 Å². The molecule has 2 amide bonds. The number of ether oxygens (including phenoxy) is 2. The number of hydrogen-bond donors (Lipinski definition) is 2. The Morgan fingerprint density at radius 3 is 2.58 bits per heavy atom. The standard InChI is InChI=1S/C18H21ClN2O5/c1-5-25-17(23)14-10(4)20-18(24)21-15(14)11-6-7-13(12(19)8-11)26-16(22)9(2)3/h6-9,15H,5H2,1-4H3,(H2,20,21,24). The summed E-state index contributed by atoms with van der Waals surface area (Å²) >= 11 is 6.22. The lowest BCUT2D eigenvalue weighted by molar-refractivity contribution is -0.139. The van der Waals surface area contributed by atoms with E-state index in [9.17, 15) is 14.4 Å². The first-order chi connectivity index (χ1) is 12.2. The Balaban J connectivity index is 2.37. The van der Waals surface area contributed by atoms with Gasteiger partial charge in [-0.15, -0.1) is 0 Å². The molecule has 8 heteroatoms. The third-order valence-electron chi connectivity index (χ3n) is 3.74. The second kappa shape index (κ2) is 8.23. The minimum absolute atomic E-state index is 0.199. The van der Waals surface area contributed by atoms with E-state index in [1.165, 1.54) is 6.07 Å². The molecule has 0 aromatic heterocycles. The molecule has 1 aromatic carbocycles. The molecule has 1 aliphatic heterocycles. The molecule has 0 saturated carbocycles. The molecule has 1 heterocycles. The number of urea groups is 1. The highest BCUT2D eigenvalue weighted by atomic mass is 35.5. The van der Waals surface area contributed by atoms with Gasteiger partial charge in [0.15, 0.2) is 0 Å². The fourth-order valence-electron chi connectivity index (χ4n) is 2.43. The van der Waals surface area contributed by atoms with Crippen LogP contribution in [0.4, 0.5) is 4.79 Å². The van der Waals surface area contributed by atoms with Crippen molar-refractivity contribution in [2.24, 2.45) is 5.92 Å². The molecule has 0 spiro atoms. The maximum Gasteiger partial charge on any atom is 0.338 e. The Morgan fingerprint density at radius 2 is 2.00 bits per heavy atom. The predicted molar refractivity (Wildman–Crippen MR) is 95.7 cm³/mol. The quantitative estimate of drug-likeness (QED) is 0.604. The number of hydrogen-bond acceptors (Lipinski definition) is 5. The fourth-order valence-corrected chi connectivity index (χ4v) is 2.66. The molecular formula is C18H21ClN2O5. The van der Waals surface area contributed by atoms with E-state index in [0.29, 0.717) is 11.3 Å². The number of benzene rings is 1. The monoisotopic (exact) mass is 380 g/mol. The summed E-state index contributed by atoms with van der Waals surface area (Å²) < 4.78 is 10.3. The van der Waals surface area contributed by atoms with Gasteiger partial charge in [-0.05, 0) is 31.5 Å². The lowest BCUT2D eigenvalue weighted by Gasteiger charge is -2.28. The van der Waals surface area contributed by atoms with E-state index in [1.54, 1.807) is 39.8 Å². The Labute approximate surface area is 156 Å². The van der Waals surface area contributed by atoms with E-state index < -0.39 is 24.0 Å². The number of allylic oxidation sites excluding steroid dienone is 1. The van der Waals surface area contributed by atoms with E-state index in [0.717, 1.165) is 0 Å². The highest BCUT2D eigenvalue weighted by Gasteiger charge is 2.32. The van der Waals surface area contributed by atoms with E-state index in [1.807, 2.05) is 0 Å². The Morgan fingerprint density at radius 1 is 1.31 bits per heavy atom. The maximum atomic E-state index is 12.3. The predicted octanol–water partition coefficient (Wildman–Crippen LogP) is 3.09. The van der Waals surface area contributed by atoms with Gasteiger partial charge in [0.05, 0.1) is 29.2 Å². The molecule has 0 bridgehead atoms. The van der Waals surface area contributed by atoms with Crippen molar-refractivity contribution in [3.05, 3.63) is 40.1 Å². The number of rotatable bonds is 5. The van der Waals surface area contributed by atoms with Gasteiger partial charge in [0.25, 0.3) is 0 Å². The van der Waals surface area contributed by atoms with Crippen molar-refractivity contribution in [3.8, 4) is 5.75 Å². The minimum Gasteiger partial charge on any atom is -0.463 e. The number of nitrogens with one attached hydrogen (secondary N) is 2. The van der Waals surface area contributed by atoms with Crippen LogP contribution in [0.5, 0.6) is 5.75 Å². The third-order valence-corrected chi connectivity index (χ3v) is 4.03. The van der Waals surface area contributed by atoms with Gasteiger partial charge in [-0.3, -0.25) is 4.79 Å². The molecular weight excluding hydrogens is 360 g/mol. The first kappa shape index (κ1) is 19.8. The summed E-state index contributed by atoms with van der Waals surface area (Å²) in [6, 6.07) is 3.55. The zero-order valence-corrected chi connectivity index (χ0v) is 15.8. The Kier molecular flexibility index (Phi) is 6.26. The second-order valence-electron chi connectivity index (χ2n) is 6.06. The highest BCUT2D eigenvalue weighted by molar-refractivity contribution is 6.32. The summed E-state index contributed by atoms with van der Waals surface area (Å²) in [6.07, 6.45) is 0. The van der Waals surface area contributed by atoms with Crippen molar-refractivity contribution >= 4 is 29.6 Å². The van der Waals surface area contributed by atoms with E-state index in [-0.39, 0.29) is 28.9 Å². The van der Waals surface area contributed by atoms with Gasteiger partial charge in [0.1, 0.15) is 5.75 Å². The summed E-state index contributed by atoms with van der Waals surface area (Å²) in [4.78, 5) is 35.9. The molecule has 0 radical (unpaired) electrons. The van der Waals surface area contributed by atoms with Crippen LogP contribution >= 0.6 is 11.6 Å². The number of carbonyl (C=O) groups is 3. The molecule has 0 saturated heterocycles. The zero-order chi connectivity index (χ0) is 19.4. The van der Waals surface area contributed by atoms with Crippen LogP contribution < -0.4 is 15.4 Å². The second-order valence-corrected chi connectivity index (χ2v) is 6.46. The molecule has 2 N–H and O–H groups in total. The van der Waals surface area contributed by atoms with Crippen LogP contribution in [-0.4, -0.2) is 24.6 Å². The van der Waals surface area contributed by atoms with Gasteiger partial charge in [-0.25, -0.2) is 9.59 Å². The van der Waals surface area contributed by atoms with E-state index >= 15 is 0 Å². The molecule has 0 aliphatic carbocycles. The molecule has 1 unspecified atom stereocenters. The van der Waals surface area contributed by atoms with Gasteiger partial charge in [-0.1, -0.05) is 31.5 Å². The molecule has 7 nitrogen and oxygen atoms in total. The van der Waals surface area contributed by atoms with E-state index in [4.69, 9.17) is 21.1 Å². The van der Waals surface area contributed by atoms with Crippen molar-refractivity contribution in [2.75, 3.05) is 6.61 Å². The smallest absolute Gasteiger partial charge is 0.338 e. The maximum absolute atomic E-state index is 12.3. The summed E-state index contributed by atoms with van der Waals surface area (Å²) in [6.45, 7) is 6.97. The zero-order valence-electron chi connectivity index (χ0n) is 15.0. The molecule has 1 atom stereocenters. The summed E-state index contributed by atoms with van der Waals surface area (Å²) in [7, 11) is 0. The summed E-state index contributed by atoms with van der Waals surface area (Å²) in [5, 5.41) is 5.44. The molecule has 26 heavy (non-hydrogen) atoms. The largest absolute Gasteiger partial charge is 0.463 e. The SMILES string of the molecule is CCOC(=O)C1=C(C)NC(=O)NC1c1ccc(OC(=O)C(C)C)c(Cl)c1. The van der Waals surface area contributed by atoms with Gasteiger partial charge >= 0.3 is 18.0 Å². The van der Waals surface area contributed by atoms with Crippen LogP contribution in [0.25, 0.3) is 0 Å². The van der Waals surface area contributed by atoms with Crippen LogP contribution in [0.3, 0.4) is 0 Å². The first-order valence-corrected chi connectivity index (χ1v) is 8.58. The number of halogens is 1. The first-order valence-electron chi connectivity index (χ1n) is 8.21. The fraction of sp³-hybridized carbons (Fsp3) is 0.389. The lowest BCUT2D eigenvalue weighted by Crippen LogP contribution is -2.45. The summed E-state index contributed by atoms with van der Waals surface area (Å²) in [5.74, 6) is -1.02. The van der Waals surface area contributed by atoms with Crippen molar-refractivity contribution in [3.63, 3.8) is 0 Å². The molecule has 1 aromatic rings. The number of amides is 2. The van der Waals surface area contributed by atoms with Gasteiger partial charge in [-0.2, -0.15) is 0 Å². The van der Waals surface area contributed by atoms with Crippen molar-refractivity contribution in [2.45, 2.75) is 33.7 Å². The summed E-state index contributed by atoms with van der Waals surface area (Å²) in [5.41, 5.74) is 1.26. The van der Waals surface area contributed by atoms with Crippen molar-refractivity contribution in [1.29, 1.82) is 0 Å². The van der Waals surface area contributed by atoms with Crippen LogP contribution in [0, 0.1) is 5.92 Å². The van der Waals surface area contributed by atoms with Crippen molar-refractivity contribution < 1.29 is 23.9 Å². The average molecular weight is 381 g/mol. The van der Waals surface area contributed by atoms with Crippen LogP contribution in [0.15, 0.2) is 29.5 Å². The van der Waals surface area contributed by atoms with E-state index in [2.05, 4.69) is 10.6 Å². The Bertz CT molecular complexity index is 773. The van der Waals surface area contributed by atoms with Crippen LogP contribution in [0.1, 0.15) is 39.3 Å². The molecule has 0 fully saturated rings. The highest BCUT2D eigenvalue weighted by Crippen LogP contribution is 2.33. The average Bonchev–Trinajstić information content (AvgIpc) is 2.55. The van der Waals surface area contributed by atoms with Crippen molar-refractivity contribution in [1.82, 2.24) is 10.6 Å². The van der Waals surface area contributed by atoms with Crippen LogP contribution in [0.2, 0.25) is 5.02 Å².